The van der Waals surface area contributed by atoms with Gasteiger partial charge in [-0.15, -0.1) is 0 Å². The average Bonchev–Trinajstić information content (AvgIpc) is 2.83. The summed E-state index contributed by atoms with van der Waals surface area (Å²) in [5, 5.41) is 3.96. The van der Waals surface area contributed by atoms with E-state index in [0.717, 1.165) is 82.3 Å². The SMILES string of the molecule is O=C(NCCCN1CCN(c2cccc(Cl)c2)CC1)[C@H]1CCCN(c2ccncc2)C1. The molecular formula is C24H32ClN5O. The third kappa shape index (κ3) is 6.11. The van der Waals surface area contributed by atoms with Gasteiger partial charge >= 0.3 is 0 Å². The minimum atomic E-state index is 0.0724. The molecule has 3 heterocycles. The fraction of sp³-hybridized carbons (Fsp3) is 0.500. The van der Waals surface area contributed by atoms with Crippen LogP contribution >= 0.6 is 11.6 Å². The summed E-state index contributed by atoms with van der Waals surface area (Å²) in [7, 11) is 0. The summed E-state index contributed by atoms with van der Waals surface area (Å²) in [4.78, 5) is 23.9. The molecule has 0 saturated carbocycles. The number of aromatic nitrogens is 1. The zero-order chi connectivity index (χ0) is 21.5. The van der Waals surface area contributed by atoms with E-state index in [-0.39, 0.29) is 11.8 Å². The Kier molecular flexibility index (Phi) is 7.65. The molecule has 1 amide bonds. The topological polar surface area (TPSA) is 51.7 Å². The van der Waals surface area contributed by atoms with E-state index in [0.29, 0.717) is 0 Å². The largest absolute Gasteiger partial charge is 0.371 e. The van der Waals surface area contributed by atoms with E-state index in [9.17, 15) is 4.79 Å². The van der Waals surface area contributed by atoms with Crippen molar-refractivity contribution in [1.29, 1.82) is 0 Å². The highest BCUT2D eigenvalue weighted by atomic mass is 35.5. The number of benzene rings is 1. The van der Waals surface area contributed by atoms with E-state index in [2.05, 4.69) is 31.1 Å². The van der Waals surface area contributed by atoms with Crippen LogP contribution in [0.4, 0.5) is 11.4 Å². The van der Waals surface area contributed by atoms with Crippen molar-refractivity contribution in [3.8, 4) is 0 Å². The van der Waals surface area contributed by atoms with Crippen LogP contribution in [-0.2, 0) is 4.79 Å². The van der Waals surface area contributed by atoms with Gasteiger partial charge in [-0.25, -0.2) is 0 Å². The van der Waals surface area contributed by atoms with Gasteiger partial charge in [0, 0.05) is 74.6 Å². The highest BCUT2D eigenvalue weighted by Crippen LogP contribution is 2.23. The minimum Gasteiger partial charge on any atom is -0.371 e. The maximum atomic E-state index is 12.7. The lowest BCUT2D eigenvalue weighted by Gasteiger charge is -2.36. The quantitative estimate of drug-likeness (QED) is 0.668. The van der Waals surface area contributed by atoms with Crippen LogP contribution in [0, 0.1) is 5.92 Å². The van der Waals surface area contributed by atoms with Gasteiger partial charge in [0.1, 0.15) is 0 Å². The normalized spacial score (nSPS) is 20.0. The third-order valence-electron chi connectivity index (χ3n) is 6.32. The van der Waals surface area contributed by atoms with Crippen molar-refractivity contribution < 1.29 is 4.79 Å². The number of nitrogens with one attached hydrogen (secondary N) is 1. The first kappa shape index (κ1) is 21.9. The number of hydrogen-bond donors (Lipinski definition) is 1. The molecule has 2 aliphatic rings. The molecule has 0 aliphatic carbocycles. The Morgan fingerprint density at radius 3 is 2.61 bits per heavy atom. The molecule has 4 rings (SSSR count). The molecule has 6 nitrogen and oxygen atoms in total. The van der Waals surface area contributed by atoms with Gasteiger partial charge in [-0.05, 0) is 56.1 Å². The van der Waals surface area contributed by atoms with E-state index in [1.165, 1.54) is 5.69 Å². The molecule has 0 bridgehead atoms. The summed E-state index contributed by atoms with van der Waals surface area (Å²) < 4.78 is 0. The van der Waals surface area contributed by atoms with E-state index >= 15 is 0 Å². The maximum absolute atomic E-state index is 12.7. The van der Waals surface area contributed by atoms with Crippen molar-refractivity contribution in [2.24, 2.45) is 5.92 Å². The number of pyridine rings is 1. The van der Waals surface area contributed by atoms with E-state index in [4.69, 9.17) is 11.6 Å². The Hall–Kier alpha value is -2.31. The smallest absolute Gasteiger partial charge is 0.224 e. The van der Waals surface area contributed by atoms with Gasteiger partial charge in [-0.3, -0.25) is 14.7 Å². The average molecular weight is 442 g/mol. The predicted molar refractivity (Wildman–Crippen MR) is 127 cm³/mol. The number of anilines is 2. The second-order valence-electron chi connectivity index (χ2n) is 8.44. The fourth-order valence-electron chi connectivity index (χ4n) is 4.54. The van der Waals surface area contributed by atoms with Gasteiger partial charge in [0.25, 0.3) is 0 Å². The molecule has 2 aromatic rings. The molecule has 0 spiro atoms. The Morgan fingerprint density at radius 2 is 1.84 bits per heavy atom. The van der Waals surface area contributed by atoms with Gasteiger partial charge in [-0.1, -0.05) is 17.7 Å². The Morgan fingerprint density at radius 1 is 1.03 bits per heavy atom. The molecule has 2 aliphatic heterocycles. The van der Waals surface area contributed by atoms with Crippen molar-refractivity contribution in [1.82, 2.24) is 15.2 Å². The van der Waals surface area contributed by atoms with Crippen molar-refractivity contribution in [3.63, 3.8) is 0 Å². The molecule has 0 unspecified atom stereocenters. The number of carbonyl (C=O) groups is 1. The Labute approximate surface area is 190 Å². The summed E-state index contributed by atoms with van der Waals surface area (Å²) in [6.07, 6.45) is 6.64. The molecule has 1 atom stereocenters. The summed E-state index contributed by atoms with van der Waals surface area (Å²) >= 11 is 6.12. The highest BCUT2D eigenvalue weighted by molar-refractivity contribution is 6.30. The number of halogens is 1. The summed E-state index contributed by atoms with van der Waals surface area (Å²) in [5.41, 5.74) is 2.36. The summed E-state index contributed by atoms with van der Waals surface area (Å²) in [6.45, 7) is 7.69. The number of nitrogens with zero attached hydrogens (tertiary/aromatic N) is 4. The molecule has 31 heavy (non-hydrogen) atoms. The molecule has 2 saturated heterocycles. The van der Waals surface area contributed by atoms with Crippen LogP contribution in [0.25, 0.3) is 0 Å². The van der Waals surface area contributed by atoms with Crippen LogP contribution in [0.5, 0.6) is 0 Å². The van der Waals surface area contributed by atoms with Gasteiger partial charge in [0.2, 0.25) is 5.91 Å². The van der Waals surface area contributed by atoms with E-state index in [1.54, 1.807) is 0 Å². The van der Waals surface area contributed by atoms with Gasteiger partial charge in [-0.2, -0.15) is 0 Å². The molecule has 1 aromatic heterocycles. The second kappa shape index (κ2) is 10.8. The highest BCUT2D eigenvalue weighted by Gasteiger charge is 2.25. The maximum Gasteiger partial charge on any atom is 0.224 e. The number of piperazine rings is 1. The zero-order valence-corrected chi connectivity index (χ0v) is 18.8. The molecule has 2 fully saturated rings. The van der Waals surface area contributed by atoms with Crippen LogP contribution in [0.15, 0.2) is 48.8 Å². The first-order valence-corrected chi connectivity index (χ1v) is 11.7. The summed E-state index contributed by atoms with van der Waals surface area (Å²) in [5.74, 6) is 0.271. The summed E-state index contributed by atoms with van der Waals surface area (Å²) in [6, 6.07) is 12.1. The lowest BCUT2D eigenvalue weighted by Crippen LogP contribution is -2.47. The number of carbonyl (C=O) groups excluding carboxylic acids is 1. The van der Waals surface area contributed by atoms with Gasteiger partial charge in [0.05, 0.1) is 5.92 Å². The van der Waals surface area contributed by atoms with E-state index < -0.39 is 0 Å². The van der Waals surface area contributed by atoms with Crippen molar-refractivity contribution in [2.75, 3.05) is 62.2 Å². The number of amides is 1. The minimum absolute atomic E-state index is 0.0724. The first-order chi connectivity index (χ1) is 15.2. The number of rotatable bonds is 7. The van der Waals surface area contributed by atoms with Crippen LogP contribution in [0.1, 0.15) is 19.3 Å². The second-order valence-corrected chi connectivity index (χ2v) is 8.88. The first-order valence-electron chi connectivity index (χ1n) is 11.3. The van der Waals surface area contributed by atoms with Crippen molar-refractivity contribution >= 4 is 28.9 Å². The molecular weight excluding hydrogens is 410 g/mol. The monoisotopic (exact) mass is 441 g/mol. The molecule has 0 radical (unpaired) electrons. The predicted octanol–water partition coefficient (Wildman–Crippen LogP) is 3.28. The van der Waals surface area contributed by atoms with Crippen LogP contribution in [0.3, 0.4) is 0 Å². The fourth-order valence-corrected chi connectivity index (χ4v) is 4.73. The molecule has 166 valence electrons. The van der Waals surface area contributed by atoms with Crippen LogP contribution in [0.2, 0.25) is 5.02 Å². The van der Waals surface area contributed by atoms with Crippen molar-refractivity contribution in [3.05, 3.63) is 53.8 Å². The van der Waals surface area contributed by atoms with Crippen LogP contribution in [-0.4, -0.2) is 68.1 Å². The molecule has 1 aromatic carbocycles. The van der Waals surface area contributed by atoms with Gasteiger partial charge in [0.15, 0.2) is 0 Å². The molecule has 1 N–H and O–H groups in total. The Bertz CT molecular complexity index is 841. The number of piperidine rings is 1. The number of hydrogen-bond acceptors (Lipinski definition) is 5. The van der Waals surface area contributed by atoms with Gasteiger partial charge < -0.3 is 15.1 Å². The Balaban J connectivity index is 1.14. The third-order valence-corrected chi connectivity index (χ3v) is 6.55. The van der Waals surface area contributed by atoms with Crippen LogP contribution < -0.4 is 15.1 Å². The van der Waals surface area contributed by atoms with Crippen molar-refractivity contribution in [2.45, 2.75) is 19.3 Å². The standard InChI is InChI=1S/C24H32ClN5O/c25-21-5-1-6-23(18-21)29-16-14-28(15-17-29)12-3-9-27-24(31)20-4-2-13-30(19-20)22-7-10-26-11-8-22/h1,5-8,10-11,18,20H,2-4,9,12-17,19H2,(H,27,31)/t20-/m0/s1. The lowest BCUT2D eigenvalue weighted by atomic mass is 9.96. The van der Waals surface area contributed by atoms with E-state index in [1.807, 2.05) is 42.7 Å². The zero-order valence-electron chi connectivity index (χ0n) is 18.0. The molecule has 7 heteroatoms. The lowest BCUT2D eigenvalue weighted by molar-refractivity contribution is -0.125.